The first-order chi connectivity index (χ1) is 14.0. The Morgan fingerprint density at radius 3 is 1.77 bits per heavy atom. The molecular formula is C25H28ClNO2S. The number of rotatable bonds is 9. The second-order valence-corrected chi connectivity index (χ2v) is 8.87. The molecular weight excluding hydrogens is 414 g/mol. The van der Waals surface area contributed by atoms with Crippen molar-refractivity contribution in [3.63, 3.8) is 0 Å². The van der Waals surface area contributed by atoms with Crippen LogP contribution >= 0.6 is 24.2 Å². The van der Waals surface area contributed by atoms with Gasteiger partial charge in [-0.25, -0.2) is 0 Å². The van der Waals surface area contributed by atoms with Gasteiger partial charge in [0.15, 0.2) is 0 Å². The van der Waals surface area contributed by atoms with Gasteiger partial charge in [-0.15, -0.1) is 24.2 Å². The van der Waals surface area contributed by atoms with Gasteiger partial charge in [-0.2, -0.15) is 0 Å². The van der Waals surface area contributed by atoms with E-state index in [9.17, 15) is 9.90 Å². The van der Waals surface area contributed by atoms with E-state index in [1.807, 2.05) is 60.7 Å². The molecule has 3 N–H and O–H groups in total. The molecule has 0 bridgehead atoms. The van der Waals surface area contributed by atoms with E-state index in [1.54, 1.807) is 11.8 Å². The summed E-state index contributed by atoms with van der Waals surface area (Å²) < 4.78 is -0.667. The molecule has 0 aliphatic rings. The smallest absolute Gasteiger partial charge is 0.321 e. The lowest BCUT2D eigenvalue weighted by atomic mass is 9.85. The minimum absolute atomic E-state index is 0. The van der Waals surface area contributed by atoms with Crippen molar-refractivity contribution in [1.29, 1.82) is 0 Å². The van der Waals surface area contributed by atoms with Crippen LogP contribution in [0.1, 0.15) is 22.3 Å². The third-order valence-corrected chi connectivity index (χ3v) is 6.77. The fourth-order valence-corrected chi connectivity index (χ4v) is 4.96. The van der Waals surface area contributed by atoms with Crippen LogP contribution in [-0.4, -0.2) is 21.9 Å². The number of aliphatic carboxylic acids is 1. The third kappa shape index (κ3) is 6.36. The molecule has 0 spiro atoms. The van der Waals surface area contributed by atoms with Crippen molar-refractivity contribution in [3.8, 4) is 0 Å². The predicted molar refractivity (Wildman–Crippen MR) is 128 cm³/mol. The van der Waals surface area contributed by atoms with Crippen LogP contribution in [0.2, 0.25) is 0 Å². The van der Waals surface area contributed by atoms with Crippen molar-refractivity contribution in [3.05, 3.63) is 107 Å². The minimum atomic E-state index is -0.988. The van der Waals surface area contributed by atoms with Crippen molar-refractivity contribution >= 4 is 30.1 Å². The molecule has 0 saturated heterocycles. The summed E-state index contributed by atoms with van der Waals surface area (Å²) in [6, 6.07) is 27.4. The summed E-state index contributed by atoms with van der Waals surface area (Å²) >= 11 is 1.65. The van der Waals surface area contributed by atoms with E-state index in [0.29, 0.717) is 18.6 Å². The highest BCUT2D eigenvalue weighted by Crippen LogP contribution is 2.38. The van der Waals surface area contributed by atoms with Gasteiger partial charge in [0.25, 0.3) is 0 Å². The molecule has 0 radical (unpaired) electrons. The van der Waals surface area contributed by atoms with E-state index in [2.05, 4.69) is 31.2 Å². The van der Waals surface area contributed by atoms with Gasteiger partial charge in [0.1, 0.15) is 6.04 Å². The molecule has 1 atom stereocenters. The van der Waals surface area contributed by atoms with E-state index >= 15 is 0 Å². The van der Waals surface area contributed by atoms with Crippen molar-refractivity contribution in [1.82, 2.24) is 0 Å². The quantitative estimate of drug-likeness (QED) is 0.473. The number of nitrogens with two attached hydrogens (primary N) is 1. The molecule has 0 aromatic heterocycles. The number of carboxylic acid groups (broad SMARTS) is 1. The number of halogens is 1. The lowest BCUT2D eigenvalue weighted by molar-refractivity contribution is -0.139. The van der Waals surface area contributed by atoms with E-state index in [4.69, 9.17) is 5.73 Å². The Balaban J connectivity index is 0.00000320. The number of thioether (sulfide) groups is 1. The average molecular weight is 442 g/mol. The van der Waals surface area contributed by atoms with Crippen LogP contribution in [0.4, 0.5) is 0 Å². The van der Waals surface area contributed by atoms with Gasteiger partial charge in [-0.1, -0.05) is 90.5 Å². The number of carbonyl (C=O) groups is 1. The Labute approximate surface area is 189 Å². The molecule has 0 heterocycles. The number of carboxylic acids is 1. The van der Waals surface area contributed by atoms with Gasteiger partial charge in [0, 0.05) is 5.75 Å². The van der Waals surface area contributed by atoms with E-state index in [0.717, 1.165) is 11.1 Å². The zero-order chi connectivity index (χ0) is 20.7. The SMILES string of the molecule is Cc1ccc(CSC(Cc2ccccc2)(Cc2ccccc2)C(N)C(=O)O)cc1.Cl. The molecule has 1 unspecified atom stereocenters. The first kappa shape index (κ1) is 24.0. The van der Waals surface area contributed by atoms with E-state index in [1.165, 1.54) is 11.1 Å². The molecule has 0 amide bonds. The van der Waals surface area contributed by atoms with Gasteiger partial charge in [0.2, 0.25) is 0 Å². The van der Waals surface area contributed by atoms with Gasteiger partial charge in [-0.05, 0) is 36.5 Å². The van der Waals surface area contributed by atoms with Crippen LogP contribution in [0.25, 0.3) is 0 Å². The summed E-state index contributed by atoms with van der Waals surface area (Å²) in [4.78, 5) is 12.0. The van der Waals surface area contributed by atoms with Crippen molar-refractivity contribution in [2.75, 3.05) is 0 Å². The monoisotopic (exact) mass is 441 g/mol. The van der Waals surface area contributed by atoms with Crippen LogP contribution in [0, 0.1) is 6.92 Å². The molecule has 0 aliphatic carbocycles. The molecule has 0 saturated carbocycles. The van der Waals surface area contributed by atoms with Crippen LogP contribution in [0.3, 0.4) is 0 Å². The zero-order valence-electron chi connectivity index (χ0n) is 17.0. The Hall–Kier alpha value is -2.27. The van der Waals surface area contributed by atoms with Gasteiger partial charge >= 0.3 is 5.97 Å². The van der Waals surface area contributed by atoms with Crippen LogP contribution < -0.4 is 5.73 Å². The Morgan fingerprint density at radius 1 is 0.867 bits per heavy atom. The fraction of sp³-hybridized carbons (Fsp3) is 0.240. The summed E-state index contributed by atoms with van der Waals surface area (Å²) in [6.07, 6.45) is 1.18. The molecule has 158 valence electrons. The maximum atomic E-state index is 12.0. The summed E-state index contributed by atoms with van der Waals surface area (Å²) in [6.45, 7) is 2.06. The van der Waals surface area contributed by atoms with Gasteiger partial charge in [0.05, 0.1) is 4.75 Å². The Morgan fingerprint density at radius 2 is 1.33 bits per heavy atom. The maximum absolute atomic E-state index is 12.0. The van der Waals surface area contributed by atoms with E-state index in [-0.39, 0.29) is 12.4 Å². The summed E-state index contributed by atoms with van der Waals surface area (Å²) in [5.74, 6) is -0.255. The standard InChI is InChI=1S/C25H27NO2S.ClH/c1-19-12-14-22(15-13-19)18-29-25(23(26)24(27)28,16-20-8-4-2-5-9-20)17-21-10-6-3-7-11-21;/h2-15,23H,16-18,26H2,1H3,(H,27,28);1H. The average Bonchev–Trinajstić information content (AvgIpc) is 2.74. The molecule has 3 nitrogen and oxygen atoms in total. The third-order valence-electron chi connectivity index (χ3n) is 5.17. The molecule has 3 rings (SSSR count). The molecule has 3 aromatic rings. The highest BCUT2D eigenvalue weighted by molar-refractivity contribution is 8.00. The summed E-state index contributed by atoms with van der Waals surface area (Å²) in [5.41, 5.74) is 10.9. The second kappa shape index (κ2) is 11.2. The summed E-state index contributed by atoms with van der Waals surface area (Å²) in [7, 11) is 0. The molecule has 30 heavy (non-hydrogen) atoms. The Bertz CT molecular complexity index is 875. The number of benzene rings is 3. The topological polar surface area (TPSA) is 63.3 Å². The molecule has 0 fully saturated rings. The maximum Gasteiger partial charge on any atom is 0.321 e. The van der Waals surface area contributed by atoms with Gasteiger partial charge in [-0.3, -0.25) is 4.79 Å². The van der Waals surface area contributed by atoms with E-state index < -0.39 is 16.8 Å². The Kier molecular flexibility index (Phi) is 8.97. The van der Waals surface area contributed by atoms with Crippen molar-refractivity contribution in [2.45, 2.75) is 36.3 Å². The first-order valence-electron chi connectivity index (χ1n) is 9.74. The lowest BCUT2D eigenvalue weighted by Gasteiger charge is -2.37. The van der Waals surface area contributed by atoms with Crippen molar-refractivity contribution < 1.29 is 9.90 Å². The molecule has 5 heteroatoms. The van der Waals surface area contributed by atoms with Crippen LogP contribution in [-0.2, 0) is 23.4 Å². The van der Waals surface area contributed by atoms with Gasteiger partial charge < -0.3 is 10.8 Å². The lowest BCUT2D eigenvalue weighted by Crippen LogP contribution is -2.53. The molecule has 0 aliphatic heterocycles. The number of aryl methyl sites for hydroxylation is 1. The minimum Gasteiger partial charge on any atom is -0.480 e. The first-order valence-corrected chi connectivity index (χ1v) is 10.7. The largest absolute Gasteiger partial charge is 0.480 e. The second-order valence-electron chi connectivity index (χ2n) is 7.48. The predicted octanol–water partition coefficient (Wildman–Crippen LogP) is 5.29. The zero-order valence-corrected chi connectivity index (χ0v) is 18.7. The summed E-state index contributed by atoms with van der Waals surface area (Å²) in [5, 5.41) is 9.87. The normalized spacial score (nSPS) is 12.1. The number of hydrogen-bond donors (Lipinski definition) is 2. The van der Waals surface area contributed by atoms with Crippen LogP contribution in [0.15, 0.2) is 84.9 Å². The highest BCUT2D eigenvalue weighted by atomic mass is 35.5. The highest BCUT2D eigenvalue weighted by Gasteiger charge is 2.41. The van der Waals surface area contributed by atoms with Crippen molar-refractivity contribution in [2.24, 2.45) is 5.73 Å². The number of hydrogen-bond acceptors (Lipinski definition) is 3. The fourth-order valence-electron chi connectivity index (χ4n) is 3.49. The van der Waals surface area contributed by atoms with Crippen LogP contribution in [0.5, 0.6) is 0 Å². The molecule has 3 aromatic carbocycles.